The molecule has 0 bridgehead atoms. The van der Waals surface area contributed by atoms with Gasteiger partial charge < -0.3 is 4.74 Å². The Morgan fingerprint density at radius 1 is 1.38 bits per heavy atom. The topological polar surface area (TPSA) is 57.0 Å². The summed E-state index contributed by atoms with van der Waals surface area (Å²) in [7, 11) is 0. The van der Waals surface area contributed by atoms with Crippen LogP contribution >= 0.6 is 11.6 Å². The molecule has 0 N–H and O–H groups in total. The Morgan fingerprint density at radius 2 is 2.14 bits per heavy atom. The van der Waals surface area contributed by atoms with E-state index in [0.717, 1.165) is 31.5 Å². The number of aryl methyl sites for hydroxylation is 2. The van der Waals surface area contributed by atoms with Crippen molar-refractivity contribution in [1.82, 2.24) is 14.8 Å². The lowest BCUT2D eigenvalue weighted by Crippen LogP contribution is -2.10. The molecule has 0 fully saturated rings. The van der Waals surface area contributed by atoms with Crippen molar-refractivity contribution in [3.63, 3.8) is 0 Å². The maximum absolute atomic E-state index is 12.0. The van der Waals surface area contributed by atoms with Crippen molar-refractivity contribution in [2.45, 2.75) is 46.6 Å². The largest absolute Gasteiger partial charge is 0.462 e. The van der Waals surface area contributed by atoms with Crippen molar-refractivity contribution in [2.24, 2.45) is 0 Å². The highest BCUT2D eigenvalue weighted by molar-refractivity contribution is 6.38. The quantitative estimate of drug-likeness (QED) is 0.602. The average Bonchev–Trinajstić information content (AvgIpc) is 2.83. The summed E-state index contributed by atoms with van der Waals surface area (Å²) in [6.45, 7) is 6.80. The van der Waals surface area contributed by atoms with Gasteiger partial charge >= 0.3 is 5.97 Å². The highest BCUT2D eigenvalue weighted by Crippen LogP contribution is 2.28. The predicted molar refractivity (Wildman–Crippen MR) is 82.8 cm³/mol. The number of nitrogens with zero attached hydrogens (tertiary/aromatic N) is 3. The van der Waals surface area contributed by atoms with Gasteiger partial charge in [-0.3, -0.25) is 0 Å². The van der Waals surface area contributed by atoms with Crippen molar-refractivity contribution in [3.8, 4) is 0 Å². The van der Waals surface area contributed by atoms with E-state index in [1.165, 1.54) is 0 Å². The Morgan fingerprint density at radius 3 is 2.81 bits per heavy atom. The van der Waals surface area contributed by atoms with Crippen LogP contribution in [-0.2, 0) is 11.3 Å². The highest BCUT2D eigenvalue weighted by Gasteiger charge is 2.21. The number of hydrogen-bond donors (Lipinski definition) is 0. The lowest BCUT2D eigenvalue weighted by atomic mass is 10.1. The standard InChI is InChI=1S/C15H20ClN3O2/c1-4-6-7-8-19-14-11(9-17-19)13(16)12(10(3)18-14)15(20)21-5-2/h9H,4-8H2,1-3H3. The second-order valence-electron chi connectivity index (χ2n) is 4.92. The van der Waals surface area contributed by atoms with Crippen molar-refractivity contribution in [3.05, 3.63) is 22.5 Å². The molecule has 0 saturated heterocycles. The van der Waals surface area contributed by atoms with Crippen molar-refractivity contribution >= 4 is 28.6 Å². The van der Waals surface area contributed by atoms with Gasteiger partial charge in [0, 0.05) is 6.54 Å². The van der Waals surface area contributed by atoms with Crippen LogP contribution in [0.2, 0.25) is 5.02 Å². The number of ether oxygens (including phenoxy) is 1. The van der Waals surface area contributed by atoms with Crippen LogP contribution < -0.4 is 0 Å². The molecule has 6 heteroatoms. The average molecular weight is 310 g/mol. The van der Waals surface area contributed by atoms with E-state index >= 15 is 0 Å². The van der Waals surface area contributed by atoms with Crippen LogP contribution in [0.3, 0.4) is 0 Å². The second-order valence-corrected chi connectivity index (χ2v) is 5.30. The SMILES string of the molecule is CCCCCn1ncc2c(Cl)c(C(=O)OCC)c(C)nc21. The number of halogens is 1. The van der Waals surface area contributed by atoms with E-state index in [0.29, 0.717) is 28.3 Å². The summed E-state index contributed by atoms with van der Waals surface area (Å²) in [5, 5.41) is 5.40. The molecular formula is C15H20ClN3O2. The minimum atomic E-state index is -0.437. The van der Waals surface area contributed by atoms with Gasteiger partial charge in [-0.05, 0) is 20.3 Å². The molecule has 0 unspecified atom stereocenters. The molecular weight excluding hydrogens is 290 g/mol. The third-order valence-corrected chi connectivity index (χ3v) is 3.75. The zero-order valence-electron chi connectivity index (χ0n) is 12.6. The Hall–Kier alpha value is -1.62. The summed E-state index contributed by atoms with van der Waals surface area (Å²) in [6, 6.07) is 0. The molecule has 114 valence electrons. The van der Waals surface area contributed by atoms with Gasteiger partial charge in [0.1, 0.15) is 5.56 Å². The monoisotopic (exact) mass is 309 g/mol. The summed E-state index contributed by atoms with van der Waals surface area (Å²) in [4.78, 5) is 16.5. The predicted octanol–water partition coefficient (Wildman–Crippen LogP) is 3.76. The Balaban J connectivity index is 2.42. The summed E-state index contributed by atoms with van der Waals surface area (Å²) >= 11 is 6.36. The number of rotatable bonds is 6. The van der Waals surface area contributed by atoms with E-state index in [1.54, 1.807) is 20.0 Å². The minimum Gasteiger partial charge on any atom is -0.462 e. The number of fused-ring (bicyclic) bond motifs is 1. The van der Waals surface area contributed by atoms with E-state index in [-0.39, 0.29) is 0 Å². The molecule has 0 amide bonds. The van der Waals surface area contributed by atoms with Crippen LogP contribution in [0.25, 0.3) is 11.0 Å². The maximum Gasteiger partial charge on any atom is 0.341 e. The Kier molecular flexibility index (Phi) is 5.17. The van der Waals surface area contributed by atoms with Crippen molar-refractivity contribution in [1.29, 1.82) is 0 Å². The van der Waals surface area contributed by atoms with Crippen LogP contribution in [0.4, 0.5) is 0 Å². The third kappa shape index (κ3) is 3.18. The van der Waals surface area contributed by atoms with Crippen LogP contribution in [-0.4, -0.2) is 27.3 Å². The fourth-order valence-corrected chi connectivity index (χ4v) is 2.62. The fraction of sp³-hybridized carbons (Fsp3) is 0.533. The number of pyridine rings is 1. The van der Waals surface area contributed by atoms with Crippen LogP contribution in [0.5, 0.6) is 0 Å². The van der Waals surface area contributed by atoms with Gasteiger partial charge in [-0.25, -0.2) is 14.5 Å². The van der Waals surface area contributed by atoms with Gasteiger partial charge in [-0.1, -0.05) is 31.4 Å². The van der Waals surface area contributed by atoms with E-state index < -0.39 is 5.97 Å². The molecule has 21 heavy (non-hydrogen) atoms. The molecule has 5 nitrogen and oxygen atoms in total. The van der Waals surface area contributed by atoms with Gasteiger partial charge in [0.15, 0.2) is 5.65 Å². The van der Waals surface area contributed by atoms with Gasteiger partial charge in [0.25, 0.3) is 0 Å². The van der Waals surface area contributed by atoms with Gasteiger partial charge in [0.05, 0.1) is 28.9 Å². The number of carbonyl (C=O) groups excluding carboxylic acids is 1. The zero-order valence-corrected chi connectivity index (χ0v) is 13.4. The van der Waals surface area contributed by atoms with Gasteiger partial charge in [0.2, 0.25) is 0 Å². The van der Waals surface area contributed by atoms with Gasteiger partial charge in [-0.15, -0.1) is 0 Å². The zero-order chi connectivity index (χ0) is 15.4. The smallest absolute Gasteiger partial charge is 0.341 e. The Bertz CT molecular complexity index is 652. The molecule has 2 rings (SSSR count). The van der Waals surface area contributed by atoms with Crippen LogP contribution in [0.1, 0.15) is 49.2 Å². The Labute approximate surface area is 129 Å². The summed E-state index contributed by atoms with van der Waals surface area (Å²) < 4.78 is 6.88. The number of hydrogen-bond acceptors (Lipinski definition) is 4. The second kappa shape index (κ2) is 6.89. The first-order chi connectivity index (χ1) is 10.1. The minimum absolute atomic E-state index is 0.308. The van der Waals surface area contributed by atoms with E-state index in [2.05, 4.69) is 17.0 Å². The number of carbonyl (C=O) groups is 1. The summed E-state index contributed by atoms with van der Waals surface area (Å²) in [5.41, 5.74) is 1.63. The molecule has 0 atom stereocenters. The molecule has 0 aromatic carbocycles. The van der Waals surface area contributed by atoms with E-state index in [1.807, 2.05) is 4.68 Å². The van der Waals surface area contributed by atoms with E-state index in [9.17, 15) is 4.79 Å². The lowest BCUT2D eigenvalue weighted by Gasteiger charge is -2.09. The molecule has 0 saturated carbocycles. The summed E-state index contributed by atoms with van der Waals surface area (Å²) in [6.07, 6.45) is 5.01. The lowest BCUT2D eigenvalue weighted by molar-refractivity contribution is 0.0525. The molecule has 0 aliphatic rings. The first-order valence-electron chi connectivity index (χ1n) is 7.28. The maximum atomic E-state index is 12.0. The van der Waals surface area contributed by atoms with E-state index in [4.69, 9.17) is 16.3 Å². The van der Waals surface area contributed by atoms with Gasteiger partial charge in [-0.2, -0.15) is 5.10 Å². The molecule has 0 aliphatic carbocycles. The first-order valence-corrected chi connectivity index (χ1v) is 7.66. The van der Waals surface area contributed by atoms with Crippen LogP contribution in [0, 0.1) is 6.92 Å². The summed E-state index contributed by atoms with van der Waals surface area (Å²) in [5.74, 6) is -0.437. The van der Waals surface area contributed by atoms with Crippen molar-refractivity contribution < 1.29 is 9.53 Å². The third-order valence-electron chi connectivity index (χ3n) is 3.36. The number of unbranched alkanes of at least 4 members (excludes halogenated alkanes) is 2. The molecule has 0 aliphatic heterocycles. The number of aromatic nitrogens is 3. The number of esters is 1. The molecule has 0 radical (unpaired) electrons. The normalized spacial score (nSPS) is 11.0. The molecule has 0 spiro atoms. The molecule has 2 aromatic heterocycles. The first kappa shape index (κ1) is 15.8. The van der Waals surface area contributed by atoms with Crippen LogP contribution in [0.15, 0.2) is 6.20 Å². The molecule has 2 aromatic rings. The molecule has 2 heterocycles. The highest BCUT2D eigenvalue weighted by atomic mass is 35.5. The fourth-order valence-electron chi connectivity index (χ4n) is 2.28. The van der Waals surface area contributed by atoms with Crippen molar-refractivity contribution in [2.75, 3.05) is 6.61 Å².